The molecule has 8 heavy (non-hydrogen) atoms. The minimum absolute atomic E-state index is 0. The first-order chi connectivity index (χ1) is 3.18. The van der Waals surface area contributed by atoms with Gasteiger partial charge in [0.2, 0.25) is 0 Å². The van der Waals surface area contributed by atoms with Gasteiger partial charge in [-0.15, -0.1) is 0 Å². The van der Waals surface area contributed by atoms with Crippen LogP contribution in [0.15, 0.2) is 0 Å². The molecule has 46 valence electrons. The van der Waals surface area contributed by atoms with Gasteiger partial charge in [-0.2, -0.15) is 0 Å². The van der Waals surface area contributed by atoms with E-state index in [2.05, 4.69) is 0 Å². The fraction of sp³-hybridized carbons (Fsp3) is 1.00. The Labute approximate surface area is 72.8 Å². The van der Waals surface area contributed by atoms with Gasteiger partial charge in [0, 0.05) is 5.66 Å². The standard InChI is InChI=1S/C4H11O2P.Na.H/c1-3-4(2)7(5)6;;/h4,7H,3H2,1-2H3,(H,5,6);;. The Kier molecular flexibility index (Phi) is 9.41. The van der Waals surface area contributed by atoms with E-state index in [0.29, 0.717) is 0 Å². The Balaban J connectivity index is 0. The molecule has 2 unspecified atom stereocenters. The van der Waals surface area contributed by atoms with Crippen molar-refractivity contribution in [2.45, 2.75) is 25.9 Å². The zero-order valence-electron chi connectivity index (χ0n) is 4.64. The molecule has 0 amide bonds. The topological polar surface area (TPSA) is 37.3 Å². The van der Waals surface area contributed by atoms with Gasteiger partial charge in [0.05, 0.1) is 0 Å². The van der Waals surface area contributed by atoms with Crippen molar-refractivity contribution >= 4 is 37.6 Å². The molecular formula is C4H12NaO2P. The fourth-order valence-electron chi connectivity index (χ4n) is 0.175. The molecule has 4 heteroatoms. The summed E-state index contributed by atoms with van der Waals surface area (Å²) in [5.74, 6) is 0. The van der Waals surface area contributed by atoms with Gasteiger partial charge in [0.15, 0.2) is 8.03 Å². The van der Waals surface area contributed by atoms with Gasteiger partial charge in [-0.1, -0.05) is 13.8 Å². The second-order valence-corrected chi connectivity index (χ2v) is 3.31. The maximum atomic E-state index is 10.1. The molecule has 0 bridgehead atoms. The number of hydrogen-bond donors (Lipinski definition) is 1. The molecule has 2 atom stereocenters. The van der Waals surface area contributed by atoms with Crippen molar-refractivity contribution in [2.24, 2.45) is 0 Å². The van der Waals surface area contributed by atoms with Gasteiger partial charge in [0.1, 0.15) is 0 Å². The van der Waals surface area contributed by atoms with E-state index in [0.717, 1.165) is 6.42 Å². The van der Waals surface area contributed by atoms with Crippen LogP contribution in [0.1, 0.15) is 20.3 Å². The van der Waals surface area contributed by atoms with Gasteiger partial charge in [0.25, 0.3) is 0 Å². The third-order valence-electron chi connectivity index (χ3n) is 1.03. The molecule has 0 heterocycles. The van der Waals surface area contributed by atoms with E-state index in [9.17, 15) is 4.57 Å². The van der Waals surface area contributed by atoms with Crippen molar-refractivity contribution in [3.05, 3.63) is 0 Å². The van der Waals surface area contributed by atoms with Crippen LogP contribution in [0.4, 0.5) is 0 Å². The summed E-state index contributed by atoms with van der Waals surface area (Å²) in [4.78, 5) is 8.37. The summed E-state index contributed by atoms with van der Waals surface area (Å²) in [6, 6.07) is 0. The SMILES string of the molecule is CCC(C)[PH](=O)O.[NaH]. The molecule has 0 aromatic rings. The van der Waals surface area contributed by atoms with Crippen LogP contribution >= 0.6 is 8.03 Å². The van der Waals surface area contributed by atoms with Crippen LogP contribution in [0.25, 0.3) is 0 Å². The molecule has 2 nitrogen and oxygen atoms in total. The summed E-state index contributed by atoms with van der Waals surface area (Å²) in [5, 5.41) is 0. The van der Waals surface area contributed by atoms with Gasteiger partial charge in [-0.25, -0.2) is 0 Å². The van der Waals surface area contributed by atoms with Crippen molar-refractivity contribution in [3.63, 3.8) is 0 Å². The van der Waals surface area contributed by atoms with E-state index < -0.39 is 8.03 Å². The van der Waals surface area contributed by atoms with Crippen LogP contribution in [-0.2, 0) is 4.57 Å². The predicted octanol–water partition coefficient (Wildman–Crippen LogP) is 0.603. The van der Waals surface area contributed by atoms with E-state index in [1.54, 1.807) is 6.92 Å². The Morgan fingerprint density at radius 2 is 2.12 bits per heavy atom. The molecule has 0 aliphatic carbocycles. The summed E-state index contributed by atoms with van der Waals surface area (Å²) in [5.41, 5.74) is 0.00463. The van der Waals surface area contributed by atoms with E-state index in [1.807, 2.05) is 6.92 Å². The minimum atomic E-state index is -2.21. The molecule has 0 fully saturated rings. The zero-order valence-corrected chi connectivity index (χ0v) is 5.64. The van der Waals surface area contributed by atoms with Crippen LogP contribution in [0, 0.1) is 0 Å². The van der Waals surface area contributed by atoms with E-state index in [1.165, 1.54) is 0 Å². The molecule has 0 saturated heterocycles. The molecule has 0 aliphatic heterocycles. The van der Waals surface area contributed by atoms with E-state index >= 15 is 0 Å². The van der Waals surface area contributed by atoms with Crippen molar-refractivity contribution in [1.29, 1.82) is 0 Å². The summed E-state index contributed by atoms with van der Waals surface area (Å²) in [6.07, 6.45) is 0.800. The maximum absolute atomic E-state index is 10.1. The Bertz CT molecular complexity index is 76.4. The summed E-state index contributed by atoms with van der Waals surface area (Å²) in [6.45, 7) is 3.69. The molecule has 0 rings (SSSR count). The van der Waals surface area contributed by atoms with Crippen molar-refractivity contribution in [2.75, 3.05) is 0 Å². The van der Waals surface area contributed by atoms with Gasteiger partial charge >= 0.3 is 29.6 Å². The second kappa shape index (κ2) is 6.31. The van der Waals surface area contributed by atoms with Crippen molar-refractivity contribution < 1.29 is 9.46 Å². The van der Waals surface area contributed by atoms with Crippen molar-refractivity contribution in [1.82, 2.24) is 0 Å². The molecule has 0 aromatic carbocycles. The first kappa shape index (κ1) is 11.9. The number of hydrogen-bond acceptors (Lipinski definition) is 1. The third-order valence-corrected chi connectivity index (χ3v) is 2.29. The molecule has 0 radical (unpaired) electrons. The first-order valence-corrected chi connectivity index (χ1v) is 3.84. The van der Waals surface area contributed by atoms with Crippen LogP contribution in [0.3, 0.4) is 0 Å². The van der Waals surface area contributed by atoms with Gasteiger partial charge < -0.3 is 4.89 Å². The molecule has 0 aromatic heterocycles. The molecule has 0 saturated carbocycles. The van der Waals surface area contributed by atoms with Gasteiger partial charge in [-0.05, 0) is 6.42 Å². The fourth-order valence-corrected chi connectivity index (χ4v) is 0.524. The van der Waals surface area contributed by atoms with Gasteiger partial charge in [-0.3, -0.25) is 4.57 Å². The normalized spacial score (nSPS) is 16.4. The first-order valence-electron chi connectivity index (χ1n) is 2.41. The summed E-state index contributed by atoms with van der Waals surface area (Å²) >= 11 is 0. The van der Waals surface area contributed by atoms with Crippen LogP contribution < -0.4 is 0 Å². The molecule has 0 spiro atoms. The summed E-state index contributed by atoms with van der Waals surface area (Å²) < 4.78 is 10.1. The van der Waals surface area contributed by atoms with Crippen molar-refractivity contribution in [3.8, 4) is 0 Å². The van der Waals surface area contributed by atoms with Crippen LogP contribution in [0.2, 0.25) is 0 Å². The summed E-state index contributed by atoms with van der Waals surface area (Å²) in [7, 11) is -2.21. The quantitative estimate of drug-likeness (QED) is 0.457. The Hall–Kier alpha value is 1.19. The molecular weight excluding hydrogens is 134 g/mol. The zero-order chi connectivity index (χ0) is 5.86. The monoisotopic (exact) mass is 146 g/mol. The Morgan fingerprint density at radius 3 is 2.12 bits per heavy atom. The average Bonchev–Trinajstić information content (AvgIpc) is 1.65. The van der Waals surface area contributed by atoms with Crippen LogP contribution in [0.5, 0.6) is 0 Å². The second-order valence-electron chi connectivity index (χ2n) is 1.65. The molecule has 0 aliphatic rings. The average molecular weight is 146 g/mol. The van der Waals surface area contributed by atoms with E-state index in [4.69, 9.17) is 4.89 Å². The predicted molar refractivity (Wildman–Crippen MR) is 38.1 cm³/mol. The Morgan fingerprint density at radius 1 is 1.75 bits per heavy atom. The van der Waals surface area contributed by atoms with E-state index in [-0.39, 0.29) is 35.2 Å². The third kappa shape index (κ3) is 5.33. The molecule has 1 N–H and O–H groups in total. The van der Waals surface area contributed by atoms with Crippen LogP contribution in [-0.4, -0.2) is 40.1 Å². The number of rotatable bonds is 2.